The van der Waals surface area contributed by atoms with Crippen LogP contribution in [0.5, 0.6) is 0 Å². The van der Waals surface area contributed by atoms with Crippen molar-refractivity contribution in [1.82, 2.24) is 25.9 Å². The SMILES string of the molecule is C=C[C@@H](C[C@H](O)[C@H](CC1CCCCC1)NC(=O)[C@H](Cc1cnc[nH]1)NC(=O)[C@H](Cc1ccccc1)NC(=O)CC1c2ccccc2-c2ccccc21)C(C)C. The Morgan fingerprint density at radius 1 is 0.836 bits per heavy atom. The van der Waals surface area contributed by atoms with Crippen LogP contribution in [-0.4, -0.2) is 57.0 Å². The summed E-state index contributed by atoms with van der Waals surface area (Å²) < 4.78 is 0. The second-order valence-electron chi connectivity index (χ2n) is 15.9. The summed E-state index contributed by atoms with van der Waals surface area (Å²) in [4.78, 5) is 49.9. The fourth-order valence-electron chi connectivity index (χ4n) is 8.54. The molecule has 4 aromatic rings. The molecule has 1 heterocycles. The number of carbonyl (C=O) groups excluding carboxylic acids is 3. The van der Waals surface area contributed by atoms with Crippen LogP contribution in [0, 0.1) is 17.8 Å². The first-order valence-electron chi connectivity index (χ1n) is 20.1. The zero-order valence-electron chi connectivity index (χ0n) is 32.3. The number of fused-ring (bicyclic) bond motifs is 3. The highest BCUT2D eigenvalue weighted by Crippen LogP contribution is 2.46. The lowest BCUT2D eigenvalue weighted by atomic mass is 9.81. The molecule has 0 spiro atoms. The molecule has 1 saturated carbocycles. The molecular weight excluding hydrogens is 687 g/mol. The lowest BCUT2D eigenvalue weighted by molar-refractivity contribution is -0.132. The quantitative estimate of drug-likeness (QED) is 0.0698. The standard InChI is InChI=1S/C46H57N5O4/c1-4-33(30(2)3)25-43(52)40(23-31-15-7-5-8-16-31)50-46(55)42(26-34-28-47-29-48-34)51-45(54)41(24-32-17-9-6-10-18-32)49-44(53)27-39-37-21-13-11-19-35(37)36-20-12-14-22-38(36)39/h4,6,9-14,17-22,28-31,33,39-43,52H,1,5,7-8,15-16,23-27H2,2-3H3,(H,47,48)(H,49,53)(H,50,55)(H,51,54)/t33-,40-,41-,42-,43-/m0/s1. The summed E-state index contributed by atoms with van der Waals surface area (Å²) in [7, 11) is 0. The molecule has 2 aliphatic carbocycles. The number of aliphatic hydroxyl groups excluding tert-OH is 1. The van der Waals surface area contributed by atoms with Crippen molar-refractivity contribution in [3.05, 3.63) is 126 Å². The minimum atomic E-state index is -0.988. The van der Waals surface area contributed by atoms with Crippen molar-refractivity contribution in [2.75, 3.05) is 0 Å². The number of allylic oxidation sites excluding steroid dienone is 1. The minimum absolute atomic E-state index is 0.0924. The van der Waals surface area contributed by atoms with Gasteiger partial charge in [0.25, 0.3) is 0 Å². The van der Waals surface area contributed by atoms with E-state index in [1.165, 1.54) is 6.42 Å². The molecule has 6 rings (SSSR count). The first-order chi connectivity index (χ1) is 26.7. The number of aliphatic hydroxyl groups is 1. The van der Waals surface area contributed by atoms with E-state index in [1.807, 2.05) is 60.7 Å². The Balaban J connectivity index is 1.22. The zero-order valence-corrected chi connectivity index (χ0v) is 32.3. The predicted octanol–water partition coefficient (Wildman–Crippen LogP) is 7.03. The second-order valence-corrected chi connectivity index (χ2v) is 15.9. The Labute approximate surface area is 325 Å². The van der Waals surface area contributed by atoms with Gasteiger partial charge in [-0.2, -0.15) is 0 Å². The van der Waals surface area contributed by atoms with Crippen LogP contribution in [-0.2, 0) is 27.2 Å². The molecule has 0 radical (unpaired) electrons. The molecule has 5 N–H and O–H groups in total. The number of nitrogens with zero attached hydrogens (tertiary/aromatic N) is 1. The number of nitrogens with one attached hydrogen (secondary N) is 4. The van der Waals surface area contributed by atoms with Crippen LogP contribution in [0.3, 0.4) is 0 Å². The number of amides is 3. The summed E-state index contributed by atoms with van der Waals surface area (Å²) in [6.07, 6.45) is 11.7. The summed E-state index contributed by atoms with van der Waals surface area (Å²) in [6, 6.07) is 23.5. The van der Waals surface area contributed by atoms with Gasteiger partial charge in [0, 0.05) is 37.1 Å². The normalized spacial score (nSPS) is 16.9. The molecule has 9 heteroatoms. The highest BCUT2D eigenvalue weighted by atomic mass is 16.3. The second kappa shape index (κ2) is 19.0. The van der Waals surface area contributed by atoms with Crippen LogP contribution >= 0.6 is 0 Å². The van der Waals surface area contributed by atoms with Crippen molar-refractivity contribution in [3.63, 3.8) is 0 Å². The monoisotopic (exact) mass is 743 g/mol. The molecular formula is C46H57N5O4. The highest BCUT2D eigenvalue weighted by Gasteiger charge is 2.34. The molecule has 0 aliphatic heterocycles. The molecule has 0 bridgehead atoms. The fraction of sp³-hybridized carbons (Fsp3) is 0.435. The summed E-state index contributed by atoms with van der Waals surface area (Å²) in [5.41, 5.74) is 6.00. The van der Waals surface area contributed by atoms with E-state index in [9.17, 15) is 19.5 Å². The predicted molar refractivity (Wildman–Crippen MR) is 217 cm³/mol. The van der Waals surface area contributed by atoms with Gasteiger partial charge >= 0.3 is 0 Å². The Hall–Kier alpha value is -5.02. The molecule has 290 valence electrons. The molecule has 3 amide bonds. The van der Waals surface area contributed by atoms with Gasteiger partial charge in [0.2, 0.25) is 17.7 Å². The Morgan fingerprint density at radius 2 is 1.45 bits per heavy atom. The van der Waals surface area contributed by atoms with Crippen LogP contribution in [0.4, 0.5) is 0 Å². The van der Waals surface area contributed by atoms with E-state index < -0.39 is 30.1 Å². The number of H-pyrrole nitrogens is 1. The molecule has 9 nitrogen and oxygen atoms in total. The molecule has 3 aromatic carbocycles. The number of imidazole rings is 1. The molecule has 55 heavy (non-hydrogen) atoms. The Morgan fingerprint density at radius 3 is 2.07 bits per heavy atom. The molecule has 2 aliphatic rings. The third-order valence-electron chi connectivity index (χ3n) is 11.7. The highest BCUT2D eigenvalue weighted by molar-refractivity contribution is 5.93. The van der Waals surface area contributed by atoms with Crippen LogP contribution in [0.25, 0.3) is 11.1 Å². The third kappa shape index (κ3) is 10.4. The van der Waals surface area contributed by atoms with Crippen molar-refractivity contribution in [1.29, 1.82) is 0 Å². The van der Waals surface area contributed by atoms with Crippen LogP contribution in [0.2, 0.25) is 0 Å². The van der Waals surface area contributed by atoms with Gasteiger partial charge in [-0.3, -0.25) is 14.4 Å². The van der Waals surface area contributed by atoms with Gasteiger partial charge < -0.3 is 26.0 Å². The fourth-order valence-corrected chi connectivity index (χ4v) is 8.54. The van der Waals surface area contributed by atoms with Crippen molar-refractivity contribution >= 4 is 17.7 Å². The first kappa shape index (κ1) is 39.7. The zero-order chi connectivity index (χ0) is 38.7. The third-order valence-corrected chi connectivity index (χ3v) is 11.7. The number of hydrogen-bond donors (Lipinski definition) is 5. The number of aromatic amines is 1. The van der Waals surface area contributed by atoms with Gasteiger partial charge in [-0.1, -0.05) is 131 Å². The molecule has 1 fully saturated rings. The number of benzene rings is 3. The summed E-state index contributed by atoms with van der Waals surface area (Å²) in [5.74, 6) is -0.447. The number of rotatable bonds is 18. The lowest BCUT2D eigenvalue weighted by Crippen LogP contribution is -2.57. The molecule has 0 unspecified atom stereocenters. The van der Waals surface area contributed by atoms with Crippen molar-refractivity contribution < 1.29 is 19.5 Å². The Kier molecular flexibility index (Phi) is 13.7. The first-order valence-corrected chi connectivity index (χ1v) is 20.1. The molecule has 0 saturated heterocycles. The van der Waals surface area contributed by atoms with Gasteiger partial charge in [0.05, 0.1) is 18.5 Å². The summed E-state index contributed by atoms with van der Waals surface area (Å²) in [5, 5.41) is 20.9. The minimum Gasteiger partial charge on any atom is -0.391 e. The van der Waals surface area contributed by atoms with Crippen molar-refractivity contribution in [2.45, 2.75) is 108 Å². The van der Waals surface area contributed by atoms with E-state index in [1.54, 1.807) is 12.5 Å². The van der Waals surface area contributed by atoms with E-state index in [4.69, 9.17) is 0 Å². The Bertz CT molecular complexity index is 1820. The van der Waals surface area contributed by atoms with E-state index in [0.717, 1.165) is 53.5 Å². The number of aromatic nitrogens is 2. The topological polar surface area (TPSA) is 136 Å². The van der Waals surface area contributed by atoms with Gasteiger partial charge in [-0.15, -0.1) is 6.58 Å². The number of carbonyl (C=O) groups is 3. The van der Waals surface area contributed by atoms with Crippen molar-refractivity contribution in [3.8, 4) is 11.1 Å². The van der Waals surface area contributed by atoms with Crippen LogP contribution in [0.1, 0.15) is 93.5 Å². The average molecular weight is 744 g/mol. The van der Waals surface area contributed by atoms with Gasteiger partial charge in [-0.05, 0) is 58.4 Å². The van der Waals surface area contributed by atoms with Crippen LogP contribution in [0.15, 0.2) is 104 Å². The maximum Gasteiger partial charge on any atom is 0.243 e. The van der Waals surface area contributed by atoms with Crippen LogP contribution < -0.4 is 16.0 Å². The van der Waals surface area contributed by atoms with E-state index in [0.29, 0.717) is 30.4 Å². The van der Waals surface area contributed by atoms with Gasteiger partial charge in [0.1, 0.15) is 12.1 Å². The number of hydrogen-bond acceptors (Lipinski definition) is 5. The van der Waals surface area contributed by atoms with Crippen molar-refractivity contribution in [2.24, 2.45) is 17.8 Å². The lowest BCUT2D eigenvalue weighted by Gasteiger charge is -2.33. The maximum absolute atomic E-state index is 14.4. The van der Waals surface area contributed by atoms with E-state index in [2.05, 4.69) is 70.6 Å². The summed E-state index contributed by atoms with van der Waals surface area (Å²) >= 11 is 0. The molecule has 1 aromatic heterocycles. The van der Waals surface area contributed by atoms with Gasteiger partial charge in [0.15, 0.2) is 0 Å². The largest absolute Gasteiger partial charge is 0.391 e. The summed E-state index contributed by atoms with van der Waals surface area (Å²) in [6.45, 7) is 8.23. The van der Waals surface area contributed by atoms with Gasteiger partial charge in [-0.25, -0.2) is 4.98 Å². The molecule has 5 atom stereocenters. The maximum atomic E-state index is 14.4. The average Bonchev–Trinajstić information content (AvgIpc) is 3.83. The smallest absolute Gasteiger partial charge is 0.243 e. The van der Waals surface area contributed by atoms with E-state index >= 15 is 0 Å². The van der Waals surface area contributed by atoms with E-state index in [-0.39, 0.29) is 42.9 Å².